The molecule has 0 fully saturated rings. The van der Waals surface area contributed by atoms with Crippen molar-refractivity contribution in [2.75, 3.05) is 20.1 Å². The molecule has 0 aromatic rings. The van der Waals surface area contributed by atoms with E-state index < -0.39 is 0 Å². The van der Waals surface area contributed by atoms with Gasteiger partial charge in [-0.25, -0.2) is 0 Å². The molecule has 0 aliphatic rings. The van der Waals surface area contributed by atoms with Crippen LogP contribution in [0, 0.1) is 5.92 Å². The molecule has 0 spiro atoms. The Morgan fingerprint density at radius 1 is 1.18 bits per heavy atom. The molecule has 0 saturated carbocycles. The largest absolute Gasteiger partial charge is 0.369 e. The highest BCUT2D eigenvalue weighted by molar-refractivity contribution is 5.81. The maximum atomic E-state index is 12.0. The summed E-state index contributed by atoms with van der Waals surface area (Å²) in [6.45, 7) is 3.13. The van der Waals surface area contributed by atoms with Crippen LogP contribution in [0.4, 0.5) is 0 Å². The van der Waals surface area contributed by atoms with Crippen molar-refractivity contribution in [2.24, 2.45) is 17.4 Å². The second-order valence-corrected chi connectivity index (χ2v) is 5.45. The Morgan fingerprint density at radius 3 is 2.45 bits per heavy atom. The molecular weight excluding hydrogens is 280 g/mol. The monoisotopic (exact) mass is 312 g/mol. The van der Waals surface area contributed by atoms with E-state index in [4.69, 9.17) is 11.5 Å². The van der Waals surface area contributed by atoms with Crippen LogP contribution in [0.3, 0.4) is 0 Å². The van der Waals surface area contributed by atoms with Crippen molar-refractivity contribution in [3.05, 3.63) is 12.2 Å². The standard InChI is InChI=1S/C16H32N4O2/c1-3-4-8-13(15(18)21)9-7-12-20-16(22)14(19-2)10-5-6-11-17/h7,9,13-14,19H,3-6,8,10-12,17H2,1-2H3,(H2,18,21)(H,20,22)/b9-7+/t13-,14+/m1/s1. The minimum absolute atomic E-state index is 0.0339. The predicted octanol–water partition coefficient (Wildman–Crippen LogP) is 0.668. The third-order valence-corrected chi connectivity index (χ3v) is 3.61. The van der Waals surface area contributed by atoms with Gasteiger partial charge in [-0.1, -0.05) is 38.3 Å². The van der Waals surface area contributed by atoms with Crippen LogP contribution < -0.4 is 22.1 Å². The maximum absolute atomic E-state index is 12.0. The van der Waals surface area contributed by atoms with Gasteiger partial charge in [-0.05, 0) is 32.9 Å². The van der Waals surface area contributed by atoms with Crippen LogP contribution in [0.1, 0.15) is 45.4 Å². The zero-order chi connectivity index (χ0) is 16.8. The van der Waals surface area contributed by atoms with E-state index in [9.17, 15) is 9.59 Å². The lowest BCUT2D eigenvalue weighted by Crippen LogP contribution is -2.42. The Balaban J connectivity index is 4.15. The van der Waals surface area contributed by atoms with Gasteiger partial charge >= 0.3 is 0 Å². The van der Waals surface area contributed by atoms with Gasteiger partial charge in [0.15, 0.2) is 0 Å². The lowest BCUT2D eigenvalue weighted by atomic mass is 10.0. The molecule has 6 nitrogen and oxygen atoms in total. The summed E-state index contributed by atoms with van der Waals surface area (Å²) in [6, 6.07) is -0.202. The van der Waals surface area contributed by atoms with Crippen molar-refractivity contribution in [1.82, 2.24) is 10.6 Å². The van der Waals surface area contributed by atoms with Crippen LogP contribution in [-0.2, 0) is 9.59 Å². The molecule has 2 amide bonds. The normalized spacial score (nSPS) is 14.0. The first-order chi connectivity index (χ1) is 10.6. The molecule has 0 unspecified atom stereocenters. The van der Waals surface area contributed by atoms with E-state index in [0.29, 0.717) is 13.1 Å². The highest BCUT2D eigenvalue weighted by Crippen LogP contribution is 2.09. The van der Waals surface area contributed by atoms with E-state index in [2.05, 4.69) is 17.6 Å². The Morgan fingerprint density at radius 2 is 1.91 bits per heavy atom. The molecule has 0 saturated heterocycles. The summed E-state index contributed by atoms with van der Waals surface area (Å²) in [6.07, 6.45) is 8.96. The van der Waals surface area contributed by atoms with Crippen molar-refractivity contribution >= 4 is 11.8 Å². The quantitative estimate of drug-likeness (QED) is 0.296. The van der Waals surface area contributed by atoms with Crippen molar-refractivity contribution in [1.29, 1.82) is 0 Å². The molecule has 0 rings (SSSR count). The first-order valence-electron chi connectivity index (χ1n) is 8.17. The number of primary amides is 1. The molecule has 0 heterocycles. The number of unbranched alkanes of at least 4 members (excludes halogenated alkanes) is 2. The summed E-state index contributed by atoms with van der Waals surface area (Å²) in [5.41, 5.74) is 10.8. The third-order valence-electron chi connectivity index (χ3n) is 3.61. The number of carbonyl (C=O) groups is 2. The maximum Gasteiger partial charge on any atom is 0.237 e. The number of carbonyl (C=O) groups excluding carboxylic acids is 2. The van der Waals surface area contributed by atoms with Crippen LogP contribution in [-0.4, -0.2) is 38.0 Å². The first kappa shape index (κ1) is 20.6. The summed E-state index contributed by atoms with van der Waals surface area (Å²) in [7, 11) is 1.77. The Kier molecular flexibility index (Phi) is 12.4. The van der Waals surface area contributed by atoms with Crippen molar-refractivity contribution in [3.8, 4) is 0 Å². The van der Waals surface area contributed by atoms with Gasteiger partial charge in [-0.15, -0.1) is 0 Å². The summed E-state index contributed by atoms with van der Waals surface area (Å²) in [4.78, 5) is 23.3. The van der Waals surface area contributed by atoms with Crippen LogP contribution >= 0.6 is 0 Å². The van der Waals surface area contributed by atoms with Gasteiger partial charge < -0.3 is 22.1 Å². The number of nitrogens with two attached hydrogens (primary N) is 2. The van der Waals surface area contributed by atoms with Gasteiger partial charge in [0.1, 0.15) is 0 Å². The molecule has 0 bridgehead atoms. The molecule has 0 aromatic heterocycles. The number of rotatable bonds is 13. The van der Waals surface area contributed by atoms with E-state index in [0.717, 1.165) is 38.5 Å². The Hall–Kier alpha value is -1.40. The lowest BCUT2D eigenvalue weighted by molar-refractivity contribution is -0.123. The summed E-state index contributed by atoms with van der Waals surface area (Å²) < 4.78 is 0. The highest BCUT2D eigenvalue weighted by atomic mass is 16.2. The van der Waals surface area contributed by atoms with Gasteiger partial charge in [0, 0.05) is 6.54 Å². The number of likely N-dealkylation sites (N-methyl/N-ethyl adjacent to an activating group) is 1. The second-order valence-electron chi connectivity index (χ2n) is 5.45. The molecule has 2 atom stereocenters. The third kappa shape index (κ3) is 9.52. The molecule has 6 heteroatoms. The number of amides is 2. The van der Waals surface area contributed by atoms with Crippen molar-refractivity contribution in [2.45, 2.75) is 51.5 Å². The second kappa shape index (κ2) is 13.3. The molecule has 6 N–H and O–H groups in total. The van der Waals surface area contributed by atoms with Gasteiger partial charge in [0.2, 0.25) is 11.8 Å². The van der Waals surface area contributed by atoms with E-state index >= 15 is 0 Å². The van der Waals surface area contributed by atoms with Crippen LogP contribution in [0.2, 0.25) is 0 Å². The predicted molar refractivity (Wildman–Crippen MR) is 90.1 cm³/mol. The number of hydrogen-bond donors (Lipinski definition) is 4. The SMILES string of the molecule is CCCC[C@H](/C=C/CNC(=O)[C@H](CCCCN)NC)C(N)=O. The summed E-state index contributed by atoms with van der Waals surface area (Å²) in [5, 5.41) is 5.84. The topological polar surface area (TPSA) is 110 Å². The lowest BCUT2D eigenvalue weighted by Gasteiger charge is -2.15. The fourth-order valence-electron chi connectivity index (χ4n) is 2.17. The highest BCUT2D eigenvalue weighted by Gasteiger charge is 2.15. The molecule has 128 valence electrons. The van der Waals surface area contributed by atoms with Crippen LogP contribution in [0.25, 0.3) is 0 Å². The molecule has 0 aliphatic carbocycles. The average molecular weight is 312 g/mol. The fraction of sp³-hybridized carbons (Fsp3) is 0.750. The van der Waals surface area contributed by atoms with Crippen LogP contribution in [0.15, 0.2) is 12.2 Å². The Labute approximate surface area is 134 Å². The van der Waals surface area contributed by atoms with E-state index in [-0.39, 0.29) is 23.8 Å². The van der Waals surface area contributed by atoms with E-state index in [1.807, 2.05) is 0 Å². The van der Waals surface area contributed by atoms with E-state index in [1.54, 1.807) is 19.2 Å². The first-order valence-corrected chi connectivity index (χ1v) is 8.17. The van der Waals surface area contributed by atoms with Crippen LogP contribution in [0.5, 0.6) is 0 Å². The summed E-state index contributed by atoms with van der Waals surface area (Å²) in [5.74, 6) is -0.597. The molecule has 0 radical (unpaired) electrons. The zero-order valence-corrected chi connectivity index (χ0v) is 13.9. The molecule has 0 aliphatic heterocycles. The minimum atomic E-state index is -0.314. The van der Waals surface area contributed by atoms with Gasteiger partial charge in [-0.2, -0.15) is 0 Å². The number of hydrogen-bond acceptors (Lipinski definition) is 4. The average Bonchev–Trinajstić information content (AvgIpc) is 2.50. The zero-order valence-electron chi connectivity index (χ0n) is 13.9. The fourth-order valence-corrected chi connectivity index (χ4v) is 2.17. The van der Waals surface area contributed by atoms with Crippen molar-refractivity contribution in [3.63, 3.8) is 0 Å². The molecule has 0 aromatic carbocycles. The minimum Gasteiger partial charge on any atom is -0.369 e. The van der Waals surface area contributed by atoms with Crippen molar-refractivity contribution < 1.29 is 9.59 Å². The molecule has 22 heavy (non-hydrogen) atoms. The van der Waals surface area contributed by atoms with Gasteiger partial charge in [-0.3, -0.25) is 9.59 Å². The van der Waals surface area contributed by atoms with Gasteiger partial charge in [0.05, 0.1) is 12.0 Å². The number of nitrogens with one attached hydrogen (secondary N) is 2. The Bertz CT molecular complexity index is 345. The van der Waals surface area contributed by atoms with E-state index in [1.165, 1.54) is 0 Å². The summed E-state index contributed by atoms with van der Waals surface area (Å²) >= 11 is 0. The smallest absolute Gasteiger partial charge is 0.237 e. The molecular formula is C16H32N4O2. The van der Waals surface area contributed by atoms with Gasteiger partial charge in [0.25, 0.3) is 0 Å².